The van der Waals surface area contributed by atoms with Gasteiger partial charge in [0.25, 0.3) is 0 Å². The van der Waals surface area contributed by atoms with Crippen LogP contribution in [0.2, 0.25) is 0 Å². The third-order valence-corrected chi connectivity index (χ3v) is 3.54. The topological polar surface area (TPSA) is 78.8 Å². The van der Waals surface area contributed by atoms with Gasteiger partial charge in [0.15, 0.2) is 0 Å². The van der Waals surface area contributed by atoms with Gasteiger partial charge in [0.05, 0.1) is 18.7 Å². The molecule has 0 amide bonds. The summed E-state index contributed by atoms with van der Waals surface area (Å²) in [6.07, 6.45) is 3.40. The molecule has 6 nitrogen and oxygen atoms in total. The summed E-state index contributed by atoms with van der Waals surface area (Å²) in [5.74, 6) is 2.00. The van der Waals surface area contributed by atoms with Crippen molar-refractivity contribution in [3.8, 4) is 17.7 Å². The van der Waals surface area contributed by atoms with Crippen molar-refractivity contribution in [1.82, 2.24) is 15.0 Å². The lowest BCUT2D eigenvalue weighted by molar-refractivity contribution is 0.520. The van der Waals surface area contributed by atoms with Gasteiger partial charge in [-0.1, -0.05) is 6.07 Å². The second-order valence-corrected chi connectivity index (χ2v) is 4.95. The first kappa shape index (κ1) is 12.5. The number of hydrogen-bond acceptors (Lipinski definition) is 6. The molecular formula is C16H11N5O. The van der Waals surface area contributed by atoms with E-state index in [2.05, 4.69) is 21.0 Å². The average molecular weight is 289 g/mol. The molecule has 0 spiro atoms. The first-order chi connectivity index (χ1) is 10.8. The highest BCUT2D eigenvalue weighted by Gasteiger charge is 2.28. The van der Waals surface area contributed by atoms with Crippen molar-refractivity contribution in [2.24, 2.45) is 0 Å². The molecule has 0 N–H and O–H groups in total. The summed E-state index contributed by atoms with van der Waals surface area (Å²) in [5, 5.41) is 9.18. The Kier molecular flexibility index (Phi) is 2.83. The molecule has 0 saturated heterocycles. The van der Waals surface area contributed by atoms with E-state index in [9.17, 15) is 5.26 Å². The van der Waals surface area contributed by atoms with E-state index in [1.165, 1.54) is 0 Å². The van der Waals surface area contributed by atoms with E-state index >= 15 is 0 Å². The first-order valence-corrected chi connectivity index (χ1v) is 6.85. The summed E-state index contributed by atoms with van der Waals surface area (Å²) in [6.45, 7) is 1.14. The Hall–Kier alpha value is -3.20. The minimum atomic E-state index is 0.534. The van der Waals surface area contributed by atoms with E-state index in [1.807, 2.05) is 23.1 Å². The molecule has 0 bridgehead atoms. The Morgan fingerprint density at radius 1 is 1.09 bits per heavy atom. The van der Waals surface area contributed by atoms with Crippen LogP contribution in [0.5, 0.6) is 0 Å². The van der Waals surface area contributed by atoms with Gasteiger partial charge in [0.2, 0.25) is 5.89 Å². The summed E-state index contributed by atoms with van der Waals surface area (Å²) in [5.41, 5.74) is 2.15. The molecule has 0 radical (unpaired) electrons. The lowest BCUT2D eigenvalue weighted by atomic mass is 10.2. The SMILES string of the molecule is N#Cc1cccnc1N1Cc2nc(-c3ccccn3)oc2C1. The molecule has 0 aliphatic carbocycles. The normalized spacial score (nSPS) is 13.0. The average Bonchev–Trinajstić information content (AvgIpc) is 3.14. The Labute approximate surface area is 126 Å². The largest absolute Gasteiger partial charge is 0.438 e. The molecular weight excluding hydrogens is 278 g/mol. The van der Waals surface area contributed by atoms with Crippen molar-refractivity contribution in [2.45, 2.75) is 13.1 Å². The lowest BCUT2D eigenvalue weighted by Gasteiger charge is -2.16. The van der Waals surface area contributed by atoms with Gasteiger partial charge >= 0.3 is 0 Å². The molecule has 3 aromatic rings. The maximum atomic E-state index is 9.18. The van der Waals surface area contributed by atoms with E-state index in [4.69, 9.17) is 4.42 Å². The Balaban J connectivity index is 1.63. The maximum Gasteiger partial charge on any atom is 0.245 e. The van der Waals surface area contributed by atoms with Crippen molar-refractivity contribution >= 4 is 5.82 Å². The highest BCUT2D eigenvalue weighted by molar-refractivity contribution is 5.56. The zero-order chi connectivity index (χ0) is 14.9. The molecule has 0 unspecified atom stereocenters. The van der Waals surface area contributed by atoms with Crippen molar-refractivity contribution in [1.29, 1.82) is 5.26 Å². The molecule has 22 heavy (non-hydrogen) atoms. The van der Waals surface area contributed by atoms with Gasteiger partial charge in [-0.15, -0.1) is 0 Å². The highest BCUT2D eigenvalue weighted by Crippen LogP contribution is 2.31. The van der Waals surface area contributed by atoms with Crippen LogP contribution in [0.15, 0.2) is 47.1 Å². The molecule has 4 heterocycles. The van der Waals surface area contributed by atoms with E-state index in [1.54, 1.807) is 24.5 Å². The Morgan fingerprint density at radius 2 is 2.00 bits per heavy atom. The summed E-state index contributed by atoms with van der Waals surface area (Å²) in [7, 11) is 0. The van der Waals surface area contributed by atoms with Crippen LogP contribution >= 0.6 is 0 Å². The highest BCUT2D eigenvalue weighted by atomic mass is 16.4. The van der Waals surface area contributed by atoms with E-state index in [0.717, 1.165) is 17.1 Å². The molecule has 0 saturated carbocycles. The smallest absolute Gasteiger partial charge is 0.245 e. The molecule has 1 aliphatic rings. The zero-order valence-corrected chi connectivity index (χ0v) is 11.6. The number of fused-ring (bicyclic) bond motifs is 1. The van der Waals surface area contributed by atoms with Crippen molar-refractivity contribution < 1.29 is 4.42 Å². The van der Waals surface area contributed by atoms with E-state index < -0.39 is 0 Å². The standard InChI is InChI=1S/C16H11N5O/c17-8-11-4-3-7-19-15(11)21-9-13-14(10-21)22-16(20-13)12-5-1-2-6-18-12/h1-7H,9-10H2. The molecule has 6 heteroatoms. The third kappa shape index (κ3) is 2.00. The van der Waals surface area contributed by atoms with Crippen molar-refractivity contribution in [3.05, 3.63) is 59.7 Å². The second-order valence-electron chi connectivity index (χ2n) is 4.95. The van der Waals surface area contributed by atoms with Gasteiger partial charge in [-0.2, -0.15) is 5.26 Å². The first-order valence-electron chi connectivity index (χ1n) is 6.85. The fraction of sp³-hybridized carbons (Fsp3) is 0.125. The number of oxazole rings is 1. The van der Waals surface area contributed by atoms with Crippen LogP contribution in [0.1, 0.15) is 17.0 Å². The van der Waals surface area contributed by atoms with Crippen LogP contribution in [0.4, 0.5) is 5.82 Å². The molecule has 4 rings (SSSR count). The van der Waals surface area contributed by atoms with Gasteiger partial charge in [-0.25, -0.2) is 9.97 Å². The lowest BCUT2D eigenvalue weighted by Crippen LogP contribution is -2.17. The van der Waals surface area contributed by atoms with Gasteiger partial charge in [0.1, 0.15) is 29.0 Å². The Bertz CT molecular complexity index is 842. The number of hydrogen-bond donors (Lipinski definition) is 0. The van der Waals surface area contributed by atoms with Gasteiger partial charge in [0, 0.05) is 12.4 Å². The number of nitrogens with zero attached hydrogens (tertiary/aromatic N) is 5. The van der Waals surface area contributed by atoms with Crippen molar-refractivity contribution in [3.63, 3.8) is 0 Å². The van der Waals surface area contributed by atoms with Gasteiger partial charge in [-0.05, 0) is 24.3 Å². The summed E-state index contributed by atoms with van der Waals surface area (Å²) < 4.78 is 5.81. The van der Waals surface area contributed by atoms with E-state index in [0.29, 0.717) is 30.4 Å². The number of rotatable bonds is 2. The molecule has 0 aromatic carbocycles. The minimum Gasteiger partial charge on any atom is -0.438 e. The quantitative estimate of drug-likeness (QED) is 0.721. The third-order valence-electron chi connectivity index (χ3n) is 3.54. The van der Waals surface area contributed by atoms with Crippen LogP contribution in [0.25, 0.3) is 11.6 Å². The van der Waals surface area contributed by atoms with Gasteiger partial charge in [-0.3, -0.25) is 4.98 Å². The molecule has 0 fully saturated rings. The molecule has 3 aromatic heterocycles. The zero-order valence-electron chi connectivity index (χ0n) is 11.6. The fourth-order valence-electron chi connectivity index (χ4n) is 2.53. The summed E-state index contributed by atoms with van der Waals surface area (Å²) >= 11 is 0. The maximum absolute atomic E-state index is 9.18. The van der Waals surface area contributed by atoms with Crippen LogP contribution < -0.4 is 4.90 Å². The van der Waals surface area contributed by atoms with Crippen LogP contribution in [0, 0.1) is 11.3 Å². The number of pyridine rings is 2. The van der Waals surface area contributed by atoms with Crippen LogP contribution in [0.3, 0.4) is 0 Å². The predicted molar refractivity (Wildman–Crippen MR) is 78.6 cm³/mol. The van der Waals surface area contributed by atoms with Crippen molar-refractivity contribution in [2.75, 3.05) is 4.90 Å². The number of anilines is 1. The number of aromatic nitrogens is 3. The van der Waals surface area contributed by atoms with E-state index in [-0.39, 0.29) is 0 Å². The Morgan fingerprint density at radius 3 is 2.77 bits per heavy atom. The molecule has 1 aliphatic heterocycles. The minimum absolute atomic E-state index is 0.534. The number of nitriles is 1. The predicted octanol–water partition coefficient (Wildman–Crippen LogP) is 2.52. The fourth-order valence-corrected chi connectivity index (χ4v) is 2.53. The molecule has 0 atom stereocenters. The monoisotopic (exact) mass is 289 g/mol. The van der Waals surface area contributed by atoms with Crippen LogP contribution in [-0.4, -0.2) is 15.0 Å². The van der Waals surface area contributed by atoms with Gasteiger partial charge < -0.3 is 9.32 Å². The molecule has 106 valence electrons. The summed E-state index contributed by atoms with van der Waals surface area (Å²) in [6, 6.07) is 11.3. The van der Waals surface area contributed by atoms with Crippen LogP contribution in [-0.2, 0) is 13.1 Å². The summed E-state index contributed by atoms with van der Waals surface area (Å²) in [4.78, 5) is 15.0. The second kappa shape index (κ2) is 4.97.